The van der Waals surface area contributed by atoms with Gasteiger partial charge in [-0.3, -0.25) is 4.79 Å². The van der Waals surface area contributed by atoms with Crippen molar-refractivity contribution >= 4 is 22.4 Å². The number of rotatable bonds is 10. The van der Waals surface area contributed by atoms with E-state index in [2.05, 4.69) is 106 Å². The lowest BCUT2D eigenvalue weighted by Gasteiger charge is -2.45. The molecule has 0 aromatic carbocycles. The highest BCUT2D eigenvalue weighted by molar-refractivity contribution is 6.74. The van der Waals surface area contributed by atoms with Crippen LogP contribution in [0.15, 0.2) is 47.1 Å². The van der Waals surface area contributed by atoms with Crippen molar-refractivity contribution in [2.75, 3.05) is 0 Å². The summed E-state index contributed by atoms with van der Waals surface area (Å²) in [5, 5.41) is 0.313. The Kier molecular flexibility index (Phi) is 12.1. The van der Waals surface area contributed by atoms with Gasteiger partial charge in [-0.1, -0.05) is 112 Å². The van der Waals surface area contributed by atoms with Crippen LogP contribution in [0.25, 0.3) is 0 Å². The van der Waals surface area contributed by atoms with Crippen LogP contribution < -0.4 is 0 Å². The molecule has 5 atom stereocenters. The third-order valence-electron chi connectivity index (χ3n) is 12.8. The first-order valence-corrected chi connectivity index (χ1v) is 24.3. The van der Waals surface area contributed by atoms with Crippen molar-refractivity contribution < 1.29 is 13.6 Å². The van der Waals surface area contributed by atoms with Crippen molar-refractivity contribution in [3.8, 4) is 0 Å². The van der Waals surface area contributed by atoms with Crippen LogP contribution in [0.2, 0.25) is 36.3 Å². The first kappa shape index (κ1) is 39.4. The minimum Gasteiger partial charge on any atom is -0.413 e. The van der Waals surface area contributed by atoms with E-state index in [1.807, 2.05) is 20.8 Å². The maximum atomic E-state index is 12.5. The Bertz CT molecular complexity index is 1210. The van der Waals surface area contributed by atoms with Crippen LogP contribution in [0.4, 0.5) is 0 Å². The van der Waals surface area contributed by atoms with E-state index in [4.69, 9.17) is 8.85 Å². The molecule has 46 heavy (non-hydrogen) atoms. The Morgan fingerprint density at radius 3 is 2.15 bits per heavy atom. The van der Waals surface area contributed by atoms with E-state index in [0.29, 0.717) is 24.0 Å². The summed E-state index contributed by atoms with van der Waals surface area (Å²) in [6, 6.07) is 0. The quantitative estimate of drug-likeness (QED) is 0.172. The number of fused-ring (bicyclic) bond motifs is 1. The van der Waals surface area contributed by atoms with Crippen LogP contribution in [-0.4, -0.2) is 34.6 Å². The van der Waals surface area contributed by atoms with Gasteiger partial charge in [-0.25, -0.2) is 0 Å². The summed E-state index contributed by atoms with van der Waals surface area (Å²) in [6.07, 6.45) is 17.1. The molecule has 0 heterocycles. The highest BCUT2D eigenvalue weighted by atomic mass is 28.4. The molecule has 0 saturated heterocycles. The molecule has 3 aliphatic rings. The van der Waals surface area contributed by atoms with Crippen LogP contribution in [0.1, 0.15) is 134 Å². The topological polar surface area (TPSA) is 35.5 Å². The predicted octanol–water partition coefficient (Wildman–Crippen LogP) is 12.5. The first-order valence-electron chi connectivity index (χ1n) is 18.5. The van der Waals surface area contributed by atoms with Crippen molar-refractivity contribution in [1.29, 1.82) is 0 Å². The first-order chi connectivity index (χ1) is 20.8. The molecular weight excluding hydrogens is 597 g/mol. The molecule has 3 nitrogen and oxygen atoms in total. The van der Waals surface area contributed by atoms with Gasteiger partial charge in [0.05, 0.1) is 12.2 Å². The van der Waals surface area contributed by atoms with E-state index in [0.717, 1.165) is 32.1 Å². The molecule has 0 amide bonds. The van der Waals surface area contributed by atoms with Crippen molar-refractivity contribution in [2.45, 2.75) is 182 Å². The van der Waals surface area contributed by atoms with E-state index in [1.54, 1.807) is 11.1 Å². The van der Waals surface area contributed by atoms with Crippen molar-refractivity contribution in [3.63, 3.8) is 0 Å². The fourth-order valence-electron chi connectivity index (χ4n) is 7.48. The molecule has 0 bridgehead atoms. The summed E-state index contributed by atoms with van der Waals surface area (Å²) in [5.41, 5.74) is 5.72. The van der Waals surface area contributed by atoms with Crippen LogP contribution in [0, 0.1) is 22.7 Å². The zero-order chi connectivity index (χ0) is 35.1. The fraction of sp³-hybridized carbons (Fsp3) is 0.780. The van der Waals surface area contributed by atoms with Gasteiger partial charge in [-0.15, -0.1) is 0 Å². The molecule has 0 aromatic rings. The van der Waals surface area contributed by atoms with Gasteiger partial charge in [-0.2, -0.15) is 0 Å². The Morgan fingerprint density at radius 2 is 1.59 bits per heavy atom. The molecule has 3 aliphatic carbocycles. The highest BCUT2D eigenvalue weighted by Gasteiger charge is 2.47. The minimum atomic E-state index is -1.99. The fourth-order valence-corrected chi connectivity index (χ4v) is 10.2. The van der Waals surface area contributed by atoms with Crippen molar-refractivity contribution in [2.24, 2.45) is 22.7 Å². The zero-order valence-corrected chi connectivity index (χ0v) is 34.8. The smallest absolute Gasteiger partial charge is 0.192 e. The monoisotopic (exact) mass is 669 g/mol. The summed E-state index contributed by atoms with van der Waals surface area (Å²) in [6.45, 7) is 39.2. The van der Waals surface area contributed by atoms with Crippen LogP contribution in [-0.2, 0) is 13.6 Å². The lowest BCUT2D eigenvalue weighted by atomic mass is 9.62. The lowest BCUT2D eigenvalue weighted by Crippen LogP contribution is -2.49. The molecule has 0 spiro atoms. The molecular formula is C41H72O3Si2. The van der Waals surface area contributed by atoms with Gasteiger partial charge in [0.2, 0.25) is 0 Å². The Balaban J connectivity index is 1.84. The van der Waals surface area contributed by atoms with Gasteiger partial charge in [0.25, 0.3) is 0 Å². The van der Waals surface area contributed by atoms with Gasteiger partial charge >= 0.3 is 0 Å². The second-order valence-corrected chi connectivity index (χ2v) is 29.0. The number of Topliss-reactive ketones (excluding diaryl/α,β-unsaturated/α-hetero) is 1. The third-order valence-corrected chi connectivity index (χ3v) is 21.8. The summed E-state index contributed by atoms with van der Waals surface area (Å²) in [5.74, 6) is 1.49. The van der Waals surface area contributed by atoms with Gasteiger partial charge in [0, 0.05) is 18.3 Å². The standard InChI is InChI=1S/C41H72O3Si2/c1-29(19-17-21-37(42)38(3,4)5)34-24-25-35-31(20-18-26-41(34,35)12)22-23-32-27-33(43-45(13,14)39(6,7)8)28-36(30(32)2)44-46(15,16)40(9,10)11/h22-24,29,33,35-36H,2,17-21,25-28H2,1,3-16H3/b31-22+,32-23-/t29-,33-,35+,36+,41-/m1/s1. The second-order valence-electron chi connectivity index (χ2n) is 19.5. The molecule has 2 fully saturated rings. The van der Waals surface area contributed by atoms with Crippen LogP contribution >= 0.6 is 0 Å². The molecule has 0 aromatic heterocycles. The van der Waals surface area contributed by atoms with E-state index in [1.165, 1.54) is 30.4 Å². The van der Waals surface area contributed by atoms with Crippen LogP contribution in [0.3, 0.4) is 0 Å². The van der Waals surface area contributed by atoms with Crippen molar-refractivity contribution in [3.05, 3.63) is 47.1 Å². The molecule has 3 rings (SSSR count). The van der Waals surface area contributed by atoms with Crippen LogP contribution in [0.5, 0.6) is 0 Å². The maximum absolute atomic E-state index is 12.5. The van der Waals surface area contributed by atoms with Crippen molar-refractivity contribution in [1.82, 2.24) is 0 Å². The lowest BCUT2D eigenvalue weighted by molar-refractivity contribution is -0.126. The van der Waals surface area contributed by atoms with Gasteiger partial charge in [0.1, 0.15) is 5.78 Å². The summed E-state index contributed by atoms with van der Waals surface area (Å²) in [7, 11) is -3.93. The van der Waals surface area contributed by atoms with Gasteiger partial charge in [-0.05, 0) is 110 Å². The summed E-state index contributed by atoms with van der Waals surface area (Å²) >= 11 is 0. The number of allylic oxidation sites excluding steroid dienone is 5. The van der Waals surface area contributed by atoms with Gasteiger partial charge < -0.3 is 8.85 Å². The molecule has 2 saturated carbocycles. The predicted molar refractivity (Wildman–Crippen MR) is 204 cm³/mol. The number of ketones is 1. The normalized spacial score (nSPS) is 29.2. The summed E-state index contributed by atoms with van der Waals surface area (Å²) in [4.78, 5) is 12.5. The van der Waals surface area contributed by atoms with E-state index >= 15 is 0 Å². The molecule has 0 aliphatic heterocycles. The Morgan fingerprint density at radius 1 is 1.00 bits per heavy atom. The molecule has 0 radical (unpaired) electrons. The molecule has 0 N–H and O–H groups in total. The molecule has 262 valence electrons. The Labute approximate surface area is 287 Å². The average Bonchev–Trinajstić information content (AvgIpc) is 3.24. The average molecular weight is 669 g/mol. The SMILES string of the molecule is C=C1/C(=C\C=C2/CCC[C@]3(C)C([C@H](C)CCCC(=O)C(C)(C)C)=CC[C@@H]23)C[C@@H](O[Si](C)(C)C(C)(C)C)C[C@@H]1O[Si](C)(C)C(C)(C)C. The molecule has 0 unspecified atom stereocenters. The molecule has 5 heteroatoms. The highest BCUT2D eigenvalue weighted by Crippen LogP contribution is 2.57. The largest absolute Gasteiger partial charge is 0.413 e. The van der Waals surface area contributed by atoms with E-state index in [-0.39, 0.29) is 33.1 Å². The second kappa shape index (κ2) is 14.1. The number of carbonyl (C=O) groups excluding carboxylic acids is 1. The Hall–Kier alpha value is -1.02. The number of hydrogen-bond donors (Lipinski definition) is 0. The number of hydrogen-bond acceptors (Lipinski definition) is 3. The number of carbonyl (C=O) groups is 1. The van der Waals surface area contributed by atoms with E-state index in [9.17, 15) is 4.79 Å². The third kappa shape index (κ3) is 8.95. The maximum Gasteiger partial charge on any atom is 0.192 e. The zero-order valence-electron chi connectivity index (χ0n) is 32.8. The van der Waals surface area contributed by atoms with Gasteiger partial charge in [0.15, 0.2) is 16.6 Å². The van der Waals surface area contributed by atoms with E-state index < -0.39 is 16.6 Å². The summed E-state index contributed by atoms with van der Waals surface area (Å²) < 4.78 is 14.2. The minimum absolute atomic E-state index is 0.0106.